The van der Waals surface area contributed by atoms with Gasteiger partial charge in [0.1, 0.15) is 5.75 Å². The maximum Gasteiger partial charge on any atom is 0.230 e. The predicted molar refractivity (Wildman–Crippen MR) is 93.3 cm³/mol. The first-order chi connectivity index (χ1) is 11.4. The van der Waals surface area contributed by atoms with Crippen LogP contribution in [0, 0.1) is 5.92 Å². The molecule has 0 unspecified atom stereocenters. The van der Waals surface area contributed by atoms with Gasteiger partial charge >= 0.3 is 0 Å². The van der Waals surface area contributed by atoms with E-state index in [2.05, 4.69) is 10.3 Å². The molecule has 1 aliphatic rings. The van der Waals surface area contributed by atoms with Crippen molar-refractivity contribution < 1.29 is 17.9 Å². The lowest BCUT2D eigenvalue weighted by Crippen LogP contribution is -2.23. The molecule has 6 nitrogen and oxygen atoms in total. The van der Waals surface area contributed by atoms with Gasteiger partial charge in [0, 0.05) is 17.5 Å². The molecule has 1 aliphatic heterocycles. The molecular weight excluding hydrogens is 348 g/mol. The maximum absolute atomic E-state index is 12.1. The zero-order valence-electron chi connectivity index (χ0n) is 13.2. The topological polar surface area (TPSA) is 85.4 Å². The zero-order valence-corrected chi connectivity index (χ0v) is 14.8. The van der Waals surface area contributed by atoms with Crippen molar-refractivity contribution in [3.63, 3.8) is 0 Å². The van der Waals surface area contributed by atoms with Gasteiger partial charge in [-0.3, -0.25) is 4.79 Å². The summed E-state index contributed by atoms with van der Waals surface area (Å²) in [5.74, 6) is 0.0809. The van der Waals surface area contributed by atoms with Crippen LogP contribution in [-0.4, -0.2) is 37.9 Å². The van der Waals surface area contributed by atoms with Gasteiger partial charge in [0.05, 0.1) is 24.5 Å². The highest BCUT2D eigenvalue weighted by Gasteiger charge is 2.33. The normalized spacial score (nSPS) is 19.1. The molecule has 1 amide bonds. The van der Waals surface area contributed by atoms with Crippen LogP contribution in [0.4, 0.5) is 5.13 Å². The van der Waals surface area contributed by atoms with Crippen molar-refractivity contribution in [3.05, 3.63) is 40.9 Å². The molecule has 1 aromatic heterocycles. The maximum atomic E-state index is 12.1. The van der Waals surface area contributed by atoms with Crippen molar-refractivity contribution in [2.45, 2.75) is 12.8 Å². The van der Waals surface area contributed by atoms with Crippen LogP contribution in [0.1, 0.15) is 16.9 Å². The molecule has 2 heterocycles. The van der Waals surface area contributed by atoms with E-state index in [1.165, 1.54) is 11.3 Å². The van der Waals surface area contributed by atoms with E-state index in [4.69, 9.17) is 4.74 Å². The van der Waals surface area contributed by atoms with E-state index in [0.29, 0.717) is 18.0 Å². The highest BCUT2D eigenvalue weighted by molar-refractivity contribution is 7.91. The van der Waals surface area contributed by atoms with Gasteiger partial charge in [0.15, 0.2) is 15.0 Å². The van der Waals surface area contributed by atoms with E-state index >= 15 is 0 Å². The Kier molecular flexibility index (Phi) is 4.86. The molecule has 1 atom stereocenters. The van der Waals surface area contributed by atoms with Crippen molar-refractivity contribution in [3.8, 4) is 5.75 Å². The van der Waals surface area contributed by atoms with Crippen LogP contribution >= 0.6 is 11.3 Å². The molecule has 24 heavy (non-hydrogen) atoms. The lowest BCUT2D eigenvalue weighted by Gasteiger charge is -2.06. The number of carbonyl (C=O) groups excluding carboxylic acids is 1. The third kappa shape index (κ3) is 4.12. The van der Waals surface area contributed by atoms with Gasteiger partial charge in [-0.1, -0.05) is 12.1 Å². The number of aromatic nitrogens is 1. The summed E-state index contributed by atoms with van der Waals surface area (Å²) in [6.07, 6.45) is 2.81. The number of carbonyl (C=O) groups is 1. The lowest BCUT2D eigenvalue weighted by atomic mass is 10.1. The van der Waals surface area contributed by atoms with E-state index in [1.807, 2.05) is 24.3 Å². The molecule has 0 bridgehead atoms. The molecule has 0 radical (unpaired) electrons. The standard InChI is InChI=1S/C16H18N2O4S2/c1-22-13-4-2-3-11(7-13)8-14-9-17-16(23-14)18-15(19)12-5-6-24(20,21)10-12/h2-4,7,9,12H,5-6,8,10H2,1H3,(H,17,18,19)/t12-/m0/s1. The number of amides is 1. The Morgan fingerprint density at radius 1 is 1.46 bits per heavy atom. The van der Waals surface area contributed by atoms with E-state index in [1.54, 1.807) is 13.3 Å². The minimum Gasteiger partial charge on any atom is -0.497 e. The third-order valence-corrected chi connectivity index (χ3v) is 6.58. The highest BCUT2D eigenvalue weighted by atomic mass is 32.2. The van der Waals surface area contributed by atoms with Crippen LogP contribution in [0.25, 0.3) is 0 Å². The molecule has 0 spiro atoms. The van der Waals surface area contributed by atoms with Crippen molar-refractivity contribution in [2.75, 3.05) is 23.9 Å². The van der Waals surface area contributed by atoms with Crippen LogP contribution in [0.15, 0.2) is 30.5 Å². The highest BCUT2D eigenvalue weighted by Crippen LogP contribution is 2.25. The molecule has 8 heteroatoms. The Hall–Kier alpha value is -1.93. The average Bonchev–Trinajstić information content (AvgIpc) is 3.13. The zero-order chi connectivity index (χ0) is 17.2. The van der Waals surface area contributed by atoms with E-state index in [0.717, 1.165) is 16.2 Å². The second kappa shape index (κ2) is 6.90. The second-order valence-electron chi connectivity index (χ2n) is 5.75. The molecule has 0 aliphatic carbocycles. The van der Waals surface area contributed by atoms with Crippen molar-refractivity contribution in [2.24, 2.45) is 5.92 Å². The average molecular weight is 366 g/mol. The molecular formula is C16H18N2O4S2. The minimum absolute atomic E-state index is 0.0686. The third-order valence-electron chi connectivity index (χ3n) is 3.90. The summed E-state index contributed by atoms with van der Waals surface area (Å²) in [4.78, 5) is 17.3. The number of thiazole rings is 1. The second-order valence-corrected chi connectivity index (χ2v) is 9.09. The summed E-state index contributed by atoms with van der Waals surface area (Å²) in [6.45, 7) is 0. The van der Waals surface area contributed by atoms with E-state index in [9.17, 15) is 13.2 Å². The number of rotatable bonds is 5. The van der Waals surface area contributed by atoms with Gasteiger partial charge in [0.2, 0.25) is 5.91 Å². The number of ether oxygens (including phenoxy) is 1. The number of methoxy groups -OCH3 is 1. The number of nitrogens with one attached hydrogen (secondary N) is 1. The van der Waals surface area contributed by atoms with Gasteiger partial charge in [-0.15, -0.1) is 11.3 Å². The van der Waals surface area contributed by atoms with Gasteiger partial charge in [-0.25, -0.2) is 13.4 Å². The largest absolute Gasteiger partial charge is 0.497 e. The number of hydrogen-bond acceptors (Lipinski definition) is 6. The fraction of sp³-hybridized carbons (Fsp3) is 0.375. The van der Waals surface area contributed by atoms with Gasteiger partial charge in [-0.05, 0) is 24.1 Å². The van der Waals surface area contributed by atoms with Crippen LogP contribution < -0.4 is 10.1 Å². The summed E-state index contributed by atoms with van der Waals surface area (Å²) in [5, 5.41) is 3.23. The number of anilines is 1. The lowest BCUT2D eigenvalue weighted by molar-refractivity contribution is -0.119. The Morgan fingerprint density at radius 3 is 3.00 bits per heavy atom. The number of hydrogen-bond donors (Lipinski definition) is 1. The van der Waals surface area contributed by atoms with Crippen LogP contribution in [0.3, 0.4) is 0 Å². The minimum atomic E-state index is -3.06. The number of nitrogens with zero attached hydrogens (tertiary/aromatic N) is 1. The Labute approximate surface area is 144 Å². The molecule has 2 aromatic rings. The molecule has 1 N–H and O–H groups in total. The van der Waals surface area contributed by atoms with Gasteiger partial charge in [-0.2, -0.15) is 0 Å². The summed E-state index contributed by atoms with van der Waals surface area (Å²) in [6, 6.07) is 7.78. The predicted octanol–water partition coefficient (Wildman–Crippen LogP) is 2.12. The molecule has 3 rings (SSSR count). The van der Waals surface area contributed by atoms with E-state index in [-0.39, 0.29) is 17.4 Å². The Balaban J connectivity index is 1.62. The van der Waals surface area contributed by atoms with Gasteiger partial charge in [0.25, 0.3) is 0 Å². The van der Waals surface area contributed by atoms with Crippen LogP contribution in [-0.2, 0) is 21.1 Å². The van der Waals surface area contributed by atoms with Crippen LogP contribution in [0.5, 0.6) is 5.75 Å². The summed E-state index contributed by atoms with van der Waals surface area (Å²) >= 11 is 1.39. The van der Waals surface area contributed by atoms with E-state index < -0.39 is 15.8 Å². The summed E-state index contributed by atoms with van der Waals surface area (Å²) in [5.41, 5.74) is 1.10. The summed E-state index contributed by atoms with van der Waals surface area (Å²) < 4.78 is 28.1. The molecule has 128 valence electrons. The Morgan fingerprint density at radius 2 is 2.29 bits per heavy atom. The Bertz CT molecular complexity index is 845. The van der Waals surface area contributed by atoms with Crippen molar-refractivity contribution >= 4 is 32.2 Å². The first kappa shape index (κ1) is 16.9. The van der Waals surface area contributed by atoms with Crippen LogP contribution in [0.2, 0.25) is 0 Å². The molecule has 0 saturated carbocycles. The quantitative estimate of drug-likeness (QED) is 0.876. The van der Waals surface area contributed by atoms with Gasteiger partial charge < -0.3 is 10.1 Å². The first-order valence-corrected chi connectivity index (χ1v) is 10.2. The van der Waals surface area contributed by atoms with Crippen molar-refractivity contribution in [1.29, 1.82) is 0 Å². The molecule has 1 aromatic carbocycles. The number of sulfone groups is 1. The smallest absolute Gasteiger partial charge is 0.230 e. The van der Waals surface area contributed by atoms with Crippen molar-refractivity contribution in [1.82, 2.24) is 4.98 Å². The first-order valence-electron chi connectivity index (χ1n) is 7.54. The molecule has 1 fully saturated rings. The number of benzene rings is 1. The SMILES string of the molecule is COc1cccc(Cc2cnc(NC(=O)[C@H]3CCS(=O)(=O)C3)s2)c1. The molecule has 1 saturated heterocycles. The fourth-order valence-electron chi connectivity index (χ4n) is 2.64. The summed E-state index contributed by atoms with van der Waals surface area (Å²) in [7, 11) is -1.44. The monoisotopic (exact) mass is 366 g/mol. The fourth-order valence-corrected chi connectivity index (χ4v) is 5.23.